The Bertz CT molecular complexity index is 1360. The molecule has 38 heavy (non-hydrogen) atoms. The lowest BCUT2D eigenvalue weighted by Crippen LogP contribution is -2.54. The van der Waals surface area contributed by atoms with Gasteiger partial charge in [-0.1, -0.05) is 0 Å². The van der Waals surface area contributed by atoms with Crippen LogP contribution >= 0.6 is 0 Å². The number of carbonyl (C=O) groups excluding carboxylic acids is 1. The number of hydrogen-bond donors (Lipinski definition) is 3. The smallest absolute Gasteiger partial charge is 0.387 e. The van der Waals surface area contributed by atoms with Crippen LogP contribution in [0.15, 0.2) is 36.7 Å². The third kappa shape index (κ3) is 6.20. The van der Waals surface area contributed by atoms with Gasteiger partial charge in [-0.2, -0.15) is 23.5 Å². The number of pyridine rings is 1. The zero-order chi connectivity index (χ0) is 27.7. The van der Waals surface area contributed by atoms with E-state index in [0.717, 1.165) is 0 Å². The molecule has 2 atom stereocenters. The zero-order valence-electron chi connectivity index (χ0n) is 20.8. The molecule has 13 heteroatoms. The van der Waals surface area contributed by atoms with Crippen molar-refractivity contribution in [1.82, 2.24) is 24.8 Å². The van der Waals surface area contributed by atoms with E-state index in [1.54, 1.807) is 28.8 Å². The number of rotatable bonds is 9. The Kier molecular flexibility index (Phi) is 7.57. The van der Waals surface area contributed by atoms with Crippen LogP contribution in [0.2, 0.25) is 0 Å². The number of fused-ring (bicyclic) bond motifs is 1. The molecule has 3 aromatic rings. The van der Waals surface area contributed by atoms with Crippen molar-refractivity contribution < 1.29 is 27.5 Å². The maximum atomic E-state index is 14.2. The van der Waals surface area contributed by atoms with Crippen LogP contribution in [0.4, 0.5) is 23.2 Å². The van der Waals surface area contributed by atoms with Gasteiger partial charge in [0.05, 0.1) is 58.6 Å². The Balaban J connectivity index is 1.60. The SMILES string of the molecule is CC(C)(O)[C@H](F)CNC(=O)c1cnc(-c2ccc3cc(C#N)cnn23)cc1NC[C@@H]1CCN1CC(F)(F)F. The van der Waals surface area contributed by atoms with E-state index in [-0.39, 0.29) is 18.2 Å². The van der Waals surface area contributed by atoms with Gasteiger partial charge in [0, 0.05) is 25.3 Å². The Morgan fingerprint density at radius 3 is 2.68 bits per heavy atom. The van der Waals surface area contributed by atoms with Crippen LogP contribution in [0, 0.1) is 11.3 Å². The molecule has 9 nitrogen and oxygen atoms in total. The first-order chi connectivity index (χ1) is 17.9. The number of halogens is 4. The van der Waals surface area contributed by atoms with E-state index in [9.17, 15) is 27.5 Å². The van der Waals surface area contributed by atoms with Gasteiger partial charge in [0.2, 0.25) is 0 Å². The number of aromatic nitrogens is 3. The van der Waals surface area contributed by atoms with Gasteiger partial charge in [-0.05, 0) is 44.5 Å². The molecule has 1 aliphatic rings. The summed E-state index contributed by atoms with van der Waals surface area (Å²) in [5.74, 6) is -0.656. The maximum absolute atomic E-state index is 14.2. The van der Waals surface area contributed by atoms with Crippen LogP contribution in [-0.2, 0) is 0 Å². The number of anilines is 1. The third-order valence-corrected chi connectivity index (χ3v) is 6.43. The lowest BCUT2D eigenvalue weighted by atomic mass is 10.0. The van der Waals surface area contributed by atoms with Gasteiger partial charge in [0.1, 0.15) is 12.2 Å². The number of aliphatic hydroxyl groups is 1. The predicted molar refractivity (Wildman–Crippen MR) is 131 cm³/mol. The topological polar surface area (TPSA) is 119 Å². The van der Waals surface area contributed by atoms with Gasteiger partial charge in [0.15, 0.2) is 0 Å². The minimum absolute atomic E-state index is 0.0685. The number of nitriles is 1. The highest BCUT2D eigenvalue weighted by atomic mass is 19.4. The Morgan fingerprint density at radius 1 is 1.29 bits per heavy atom. The molecule has 0 aliphatic carbocycles. The normalized spacial score (nSPS) is 17.1. The van der Waals surface area contributed by atoms with Crippen LogP contribution in [0.5, 0.6) is 0 Å². The maximum Gasteiger partial charge on any atom is 0.401 e. The van der Waals surface area contributed by atoms with Crippen LogP contribution in [0.3, 0.4) is 0 Å². The van der Waals surface area contributed by atoms with Crippen LogP contribution in [0.1, 0.15) is 36.2 Å². The summed E-state index contributed by atoms with van der Waals surface area (Å²) in [7, 11) is 0. The number of likely N-dealkylation sites (tertiary alicyclic amines) is 1. The molecule has 0 saturated carbocycles. The van der Waals surface area contributed by atoms with Gasteiger partial charge < -0.3 is 15.7 Å². The van der Waals surface area contributed by atoms with E-state index in [1.807, 2.05) is 6.07 Å². The second kappa shape index (κ2) is 10.5. The van der Waals surface area contributed by atoms with E-state index >= 15 is 0 Å². The van der Waals surface area contributed by atoms with Crippen LogP contribution < -0.4 is 10.6 Å². The number of nitrogens with one attached hydrogen (secondary N) is 2. The summed E-state index contributed by atoms with van der Waals surface area (Å²) in [6, 6.07) is 8.36. The number of hydrogen-bond acceptors (Lipinski definition) is 7. The molecule has 0 radical (unpaired) electrons. The molecule has 1 aliphatic heterocycles. The summed E-state index contributed by atoms with van der Waals surface area (Å²) in [4.78, 5) is 18.6. The minimum atomic E-state index is -4.31. The Hall–Kier alpha value is -3.76. The van der Waals surface area contributed by atoms with Gasteiger partial charge in [-0.25, -0.2) is 8.91 Å². The highest BCUT2D eigenvalue weighted by molar-refractivity contribution is 6.00. The van der Waals surface area contributed by atoms with E-state index in [1.165, 1.54) is 31.1 Å². The summed E-state index contributed by atoms with van der Waals surface area (Å²) < 4.78 is 54.3. The van der Waals surface area contributed by atoms with Crippen molar-refractivity contribution in [3.05, 3.63) is 47.8 Å². The first-order valence-corrected chi connectivity index (χ1v) is 11.9. The zero-order valence-corrected chi connectivity index (χ0v) is 20.8. The summed E-state index contributed by atoms with van der Waals surface area (Å²) in [5, 5.41) is 28.7. The number of amides is 1. The fourth-order valence-corrected chi connectivity index (χ4v) is 4.10. The van der Waals surface area contributed by atoms with E-state index in [0.29, 0.717) is 41.1 Å². The average molecular weight is 534 g/mol. The molecule has 0 unspecified atom stereocenters. The number of carbonyl (C=O) groups is 1. The lowest BCUT2D eigenvalue weighted by molar-refractivity contribution is -0.160. The van der Waals surface area contributed by atoms with Crippen LogP contribution in [-0.4, -0.2) is 80.7 Å². The van der Waals surface area contributed by atoms with Crippen molar-refractivity contribution in [2.24, 2.45) is 0 Å². The fourth-order valence-electron chi connectivity index (χ4n) is 4.10. The second-order valence-corrected chi connectivity index (χ2v) is 9.77. The van der Waals surface area contributed by atoms with Crippen molar-refractivity contribution in [2.75, 3.05) is 31.5 Å². The molecule has 1 fully saturated rings. The van der Waals surface area contributed by atoms with Gasteiger partial charge in [0.25, 0.3) is 5.91 Å². The van der Waals surface area contributed by atoms with Crippen LogP contribution in [0.25, 0.3) is 16.9 Å². The number of alkyl halides is 4. The largest absolute Gasteiger partial charge is 0.401 e. The highest BCUT2D eigenvalue weighted by Gasteiger charge is 2.38. The van der Waals surface area contributed by atoms with Gasteiger partial charge in [-0.3, -0.25) is 14.7 Å². The minimum Gasteiger partial charge on any atom is -0.387 e. The summed E-state index contributed by atoms with van der Waals surface area (Å²) in [6.45, 7) is 1.58. The van der Waals surface area contributed by atoms with E-state index in [4.69, 9.17) is 5.26 Å². The standard InChI is InChI=1S/C25H27F4N7O2/c1-24(2,38)22(26)13-33-23(37)18-12-32-20(21-4-3-16-7-15(9-30)10-34-36(16)21)8-19(18)31-11-17-5-6-35(17)14-25(27,28)29/h3-4,7-8,10,12,17,22,38H,5-6,11,13-14H2,1-2H3,(H,31,32)(H,33,37)/t17-,22+/m0/s1. The molecule has 0 aromatic carbocycles. The van der Waals surface area contributed by atoms with E-state index in [2.05, 4.69) is 20.7 Å². The van der Waals surface area contributed by atoms with Crippen molar-refractivity contribution >= 4 is 17.1 Å². The molecule has 3 N–H and O–H groups in total. The molecular formula is C25H27F4N7O2. The molecule has 3 aromatic heterocycles. The second-order valence-electron chi connectivity index (χ2n) is 9.77. The van der Waals surface area contributed by atoms with Gasteiger partial charge in [-0.15, -0.1) is 0 Å². The summed E-state index contributed by atoms with van der Waals surface area (Å²) in [5.41, 5.74) is 0.722. The Morgan fingerprint density at radius 2 is 2.05 bits per heavy atom. The Labute approximate surface area is 216 Å². The van der Waals surface area contributed by atoms with Gasteiger partial charge >= 0.3 is 6.18 Å². The van der Waals surface area contributed by atoms with Crippen molar-refractivity contribution in [1.29, 1.82) is 5.26 Å². The van der Waals surface area contributed by atoms with Crippen molar-refractivity contribution in [3.63, 3.8) is 0 Å². The third-order valence-electron chi connectivity index (χ3n) is 6.43. The molecule has 4 heterocycles. The monoisotopic (exact) mass is 533 g/mol. The number of nitrogens with zero attached hydrogens (tertiary/aromatic N) is 5. The van der Waals surface area contributed by atoms with E-state index < -0.39 is 36.9 Å². The molecule has 1 saturated heterocycles. The molecule has 202 valence electrons. The summed E-state index contributed by atoms with van der Waals surface area (Å²) >= 11 is 0. The summed E-state index contributed by atoms with van der Waals surface area (Å²) in [6.07, 6.45) is -2.78. The fraction of sp³-hybridized carbons (Fsp3) is 0.440. The molecular weight excluding hydrogens is 506 g/mol. The first kappa shape index (κ1) is 27.3. The molecule has 4 rings (SSSR count). The molecule has 1 amide bonds. The predicted octanol–water partition coefficient (Wildman–Crippen LogP) is 3.16. The first-order valence-electron chi connectivity index (χ1n) is 11.9. The lowest BCUT2D eigenvalue weighted by Gasteiger charge is -2.41. The average Bonchev–Trinajstić information content (AvgIpc) is 3.27. The quantitative estimate of drug-likeness (QED) is 0.362. The molecule has 0 bridgehead atoms. The van der Waals surface area contributed by atoms with Crippen molar-refractivity contribution in [3.8, 4) is 17.5 Å². The molecule has 0 spiro atoms. The van der Waals surface area contributed by atoms with Crippen molar-refractivity contribution in [2.45, 2.75) is 44.3 Å². The highest BCUT2D eigenvalue weighted by Crippen LogP contribution is 2.28.